The standard InChI is InChI=1S/C15H23NOS/c1-11-4-5-13(8-12(11)2)18-14-6-7-15(9-14,10-17)16-3/h4-5,8,14,16-17H,6-7,9-10H2,1-3H3. The predicted octanol–water partition coefficient (Wildman–Crippen LogP) is 2.90. The average Bonchev–Trinajstić information content (AvgIpc) is 2.78. The van der Waals surface area contributed by atoms with Crippen LogP contribution in [0.5, 0.6) is 0 Å². The molecule has 18 heavy (non-hydrogen) atoms. The molecule has 0 bridgehead atoms. The van der Waals surface area contributed by atoms with Gasteiger partial charge in [-0.1, -0.05) is 6.07 Å². The van der Waals surface area contributed by atoms with Gasteiger partial charge in [0, 0.05) is 15.7 Å². The van der Waals surface area contributed by atoms with E-state index in [1.165, 1.54) is 22.4 Å². The van der Waals surface area contributed by atoms with Gasteiger partial charge in [-0.05, 0) is 63.4 Å². The third kappa shape index (κ3) is 2.90. The Balaban J connectivity index is 2.01. The Bertz CT molecular complexity index is 415. The number of likely N-dealkylation sites (N-methyl/N-ethyl adjacent to an activating group) is 1. The van der Waals surface area contributed by atoms with E-state index in [9.17, 15) is 5.11 Å². The Kier molecular flexibility index (Phi) is 4.36. The van der Waals surface area contributed by atoms with E-state index in [0.717, 1.165) is 12.8 Å². The number of aryl methyl sites for hydroxylation is 2. The predicted molar refractivity (Wildman–Crippen MR) is 78.3 cm³/mol. The van der Waals surface area contributed by atoms with Crippen molar-refractivity contribution in [2.45, 2.75) is 48.8 Å². The number of aliphatic hydroxyl groups is 1. The van der Waals surface area contributed by atoms with Crippen LogP contribution in [0.2, 0.25) is 0 Å². The van der Waals surface area contributed by atoms with Crippen molar-refractivity contribution in [3.8, 4) is 0 Å². The lowest BCUT2D eigenvalue weighted by Gasteiger charge is -2.26. The van der Waals surface area contributed by atoms with Gasteiger partial charge in [0.05, 0.1) is 6.61 Å². The first-order valence-corrected chi connectivity index (χ1v) is 7.50. The number of thioether (sulfide) groups is 1. The number of aliphatic hydroxyl groups excluding tert-OH is 1. The molecule has 2 unspecified atom stereocenters. The summed E-state index contributed by atoms with van der Waals surface area (Å²) in [5.74, 6) is 0. The fourth-order valence-corrected chi connectivity index (χ4v) is 4.02. The number of rotatable bonds is 4. The molecule has 0 aliphatic heterocycles. The topological polar surface area (TPSA) is 32.3 Å². The largest absolute Gasteiger partial charge is 0.394 e. The molecular formula is C15H23NOS. The van der Waals surface area contributed by atoms with Crippen molar-refractivity contribution in [3.63, 3.8) is 0 Å². The summed E-state index contributed by atoms with van der Waals surface area (Å²) < 4.78 is 0. The zero-order valence-corrected chi connectivity index (χ0v) is 12.3. The molecule has 1 fully saturated rings. The average molecular weight is 265 g/mol. The van der Waals surface area contributed by atoms with Crippen LogP contribution in [-0.2, 0) is 0 Å². The van der Waals surface area contributed by atoms with Gasteiger partial charge in [-0.25, -0.2) is 0 Å². The fourth-order valence-electron chi connectivity index (χ4n) is 2.61. The minimum absolute atomic E-state index is 0.0442. The molecule has 1 aromatic carbocycles. The van der Waals surface area contributed by atoms with Crippen LogP contribution < -0.4 is 5.32 Å². The van der Waals surface area contributed by atoms with Gasteiger partial charge in [-0.2, -0.15) is 0 Å². The van der Waals surface area contributed by atoms with Crippen LogP contribution in [0.25, 0.3) is 0 Å². The molecule has 1 aliphatic rings. The quantitative estimate of drug-likeness (QED) is 0.878. The number of hydrogen-bond acceptors (Lipinski definition) is 3. The second-order valence-electron chi connectivity index (χ2n) is 5.42. The summed E-state index contributed by atoms with van der Waals surface area (Å²) in [7, 11) is 1.96. The minimum Gasteiger partial charge on any atom is -0.394 e. The highest BCUT2D eigenvalue weighted by Crippen LogP contribution is 2.40. The van der Waals surface area contributed by atoms with E-state index in [1.54, 1.807) is 0 Å². The summed E-state index contributed by atoms with van der Waals surface area (Å²) in [6, 6.07) is 6.69. The normalized spacial score (nSPS) is 27.7. The first-order valence-electron chi connectivity index (χ1n) is 6.62. The Hall–Kier alpha value is -0.510. The molecule has 2 N–H and O–H groups in total. The van der Waals surface area contributed by atoms with Gasteiger partial charge in [0.2, 0.25) is 0 Å². The Labute approximate surface area is 114 Å². The molecule has 0 radical (unpaired) electrons. The summed E-state index contributed by atoms with van der Waals surface area (Å²) in [5, 5.41) is 13.4. The third-order valence-corrected chi connectivity index (χ3v) is 5.44. The van der Waals surface area contributed by atoms with Gasteiger partial charge in [0.1, 0.15) is 0 Å². The van der Waals surface area contributed by atoms with Gasteiger partial charge in [0.25, 0.3) is 0 Å². The Morgan fingerprint density at radius 2 is 2.17 bits per heavy atom. The van der Waals surface area contributed by atoms with Crippen LogP contribution in [0.3, 0.4) is 0 Å². The summed E-state index contributed by atoms with van der Waals surface area (Å²) in [6.07, 6.45) is 3.30. The zero-order valence-electron chi connectivity index (χ0n) is 11.5. The van der Waals surface area contributed by atoms with Crippen LogP contribution in [-0.4, -0.2) is 29.5 Å². The van der Waals surface area contributed by atoms with Gasteiger partial charge in [0.15, 0.2) is 0 Å². The molecule has 1 aliphatic carbocycles. The molecule has 1 aromatic rings. The molecule has 0 amide bonds. The lowest BCUT2D eigenvalue weighted by molar-refractivity contribution is 0.173. The van der Waals surface area contributed by atoms with E-state index in [1.807, 2.05) is 18.8 Å². The number of hydrogen-bond donors (Lipinski definition) is 2. The summed E-state index contributed by atoms with van der Waals surface area (Å²) in [6.45, 7) is 4.56. The van der Waals surface area contributed by atoms with Crippen molar-refractivity contribution in [2.24, 2.45) is 0 Å². The maximum absolute atomic E-state index is 9.51. The molecule has 2 atom stereocenters. The van der Waals surface area contributed by atoms with Crippen molar-refractivity contribution in [1.29, 1.82) is 0 Å². The second-order valence-corrected chi connectivity index (χ2v) is 6.79. The smallest absolute Gasteiger partial charge is 0.0613 e. The number of nitrogens with one attached hydrogen (secondary N) is 1. The van der Waals surface area contributed by atoms with E-state index in [4.69, 9.17) is 0 Å². The molecule has 1 saturated carbocycles. The van der Waals surface area contributed by atoms with Crippen LogP contribution in [0.15, 0.2) is 23.1 Å². The van der Waals surface area contributed by atoms with Crippen molar-refractivity contribution >= 4 is 11.8 Å². The van der Waals surface area contributed by atoms with Crippen LogP contribution in [0.1, 0.15) is 30.4 Å². The van der Waals surface area contributed by atoms with Crippen LogP contribution in [0.4, 0.5) is 0 Å². The fraction of sp³-hybridized carbons (Fsp3) is 0.600. The highest BCUT2D eigenvalue weighted by Gasteiger charge is 2.37. The van der Waals surface area contributed by atoms with Crippen LogP contribution in [0, 0.1) is 13.8 Å². The van der Waals surface area contributed by atoms with Gasteiger partial charge in [-0.15, -0.1) is 11.8 Å². The van der Waals surface area contributed by atoms with Gasteiger partial charge >= 0.3 is 0 Å². The van der Waals surface area contributed by atoms with Gasteiger partial charge < -0.3 is 10.4 Å². The summed E-state index contributed by atoms with van der Waals surface area (Å²) >= 11 is 1.96. The Morgan fingerprint density at radius 1 is 1.39 bits per heavy atom. The van der Waals surface area contributed by atoms with Crippen molar-refractivity contribution in [2.75, 3.05) is 13.7 Å². The number of benzene rings is 1. The van der Waals surface area contributed by atoms with E-state index < -0.39 is 0 Å². The zero-order chi connectivity index (χ0) is 13.2. The first kappa shape index (κ1) is 13.9. The summed E-state index contributed by atoms with van der Waals surface area (Å²) in [4.78, 5) is 1.35. The summed E-state index contributed by atoms with van der Waals surface area (Å²) in [5.41, 5.74) is 2.67. The lowest BCUT2D eigenvalue weighted by Crippen LogP contribution is -2.44. The molecular weight excluding hydrogens is 242 g/mol. The maximum atomic E-state index is 9.51. The monoisotopic (exact) mass is 265 g/mol. The molecule has 0 saturated heterocycles. The van der Waals surface area contributed by atoms with E-state index in [2.05, 4.69) is 37.4 Å². The first-order chi connectivity index (χ1) is 8.58. The SMILES string of the molecule is CNC1(CO)CCC(Sc2ccc(C)c(C)c2)C1. The maximum Gasteiger partial charge on any atom is 0.0613 e. The Morgan fingerprint density at radius 3 is 2.72 bits per heavy atom. The third-order valence-electron chi connectivity index (χ3n) is 4.18. The van der Waals surface area contributed by atoms with Gasteiger partial charge in [-0.3, -0.25) is 0 Å². The van der Waals surface area contributed by atoms with Crippen molar-refractivity contribution < 1.29 is 5.11 Å². The lowest BCUT2D eigenvalue weighted by atomic mass is 10.00. The van der Waals surface area contributed by atoms with E-state index in [-0.39, 0.29) is 12.1 Å². The highest BCUT2D eigenvalue weighted by molar-refractivity contribution is 8.00. The molecule has 0 aromatic heterocycles. The molecule has 0 heterocycles. The minimum atomic E-state index is -0.0442. The molecule has 2 nitrogen and oxygen atoms in total. The van der Waals surface area contributed by atoms with Crippen LogP contribution >= 0.6 is 11.8 Å². The second kappa shape index (κ2) is 5.64. The van der Waals surface area contributed by atoms with Crippen molar-refractivity contribution in [1.82, 2.24) is 5.32 Å². The molecule has 2 rings (SSSR count). The molecule has 0 spiro atoms. The highest BCUT2D eigenvalue weighted by atomic mass is 32.2. The van der Waals surface area contributed by atoms with Crippen molar-refractivity contribution in [3.05, 3.63) is 29.3 Å². The van der Waals surface area contributed by atoms with E-state index >= 15 is 0 Å². The molecule has 3 heteroatoms. The molecule has 100 valence electrons. The van der Waals surface area contributed by atoms with E-state index in [0.29, 0.717) is 5.25 Å².